The van der Waals surface area contributed by atoms with Crippen LogP contribution in [-0.2, 0) is 27.6 Å². The molecule has 13 aromatic rings. The van der Waals surface area contributed by atoms with Crippen molar-refractivity contribution in [1.29, 1.82) is 0 Å². The van der Waals surface area contributed by atoms with Gasteiger partial charge in [-0.2, -0.15) is 0 Å². The van der Waals surface area contributed by atoms with Crippen LogP contribution in [0, 0.1) is 20.8 Å². The van der Waals surface area contributed by atoms with Gasteiger partial charge in [-0.1, -0.05) is 112 Å². The number of furan rings is 3. The molecule has 103 heavy (non-hydrogen) atoms. The zero-order chi connectivity index (χ0) is 71.3. The molecule has 1 N–H and O–H groups in total. The van der Waals surface area contributed by atoms with Crippen molar-refractivity contribution < 1.29 is 51.4 Å². The van der Waals surface area contributed by atoms with E-state index in [1.54, 1.807) is 69.7 Å². The van der Waals surface area contributed by atoms with Gasteiger partial charge in [0.25, 0.3) is 0 Å². The minimum Gasteiger partial charge on any atom is -0.497 e. The highest BCUT2D eigenvalue weighted by molar-refractivity contribution is 9.10. The van der Waals surface area contributed by atoms with E-state index in [0.29, 0.717) is 107 Å². The van der Waals surface area contributed by atoms with Crippen LogP contribution in [-0.4, -0.2) is 117 Å². The first kappa shape index (κ1) is 68.7. The van der Waals surface area contributed by atoms with Gasteiger partial charge in [0, 0.05) is 41.6 Å². The number of hydrogen-bond acceptors (Lipinski definition) is 22. The molecule has 0 saturated carbocycles. The fourth-order valence-electron chi connectivity index (χ4n) is 12.2. The highest BCUT2D eigenvalue weighted by Gasteiger charge is 2.36. The molecule has 8 aromatic heterocycles. The minimum absolute atomic E-state index is 0.196. The van der Waals surface area contributed by atoms with E-state index in [2.05, 4.69) is 85.7 Å². The number of nitrogens with one attached hydrogen (secondary N) is 1. The van der Waals surface area contributed by atoms with Crippen molar-refractivity contribution >= 4 is 89.5 Å². The minimum atomic E-state index is -0.284. The Labute approximate surface area is 609 Å². The number of benzene rings is 5. The fraction of sp³-hybridized carbons (Fsp3) is 0.211. The van der Waals surface area contributed by atoms with Crippen LogP contribution in [0.25, 0.3) is 44.3 Å². The molecule has 5 aromatic carbocycles. The van der Waals surface area contributed by atoms with E-state index in [9.17, 15) is 0 Å². The first-order valence-corrected chi connectivity index (χ1v) is 34.1. The number of hydrogen-bond donors (Lipinski definition) is 1. The SMILES string of the molecule is COc1ccc(CN2C(c3ccc(-n4cnc(Cl)c4)c(OC)n3)=NOCC2c2cc3cccc(C)c3o2)cc1.COc1ccc(CN2C(c3ccc(Br)c(OC)n3)=NOCC2c2cc3cccc(C)c3o2)cc1.COc1nc(C2=NC(c3cc4cccc(C)c4o3)CON2)ccc1-n1cnc(Cl)c1. The Balaban J connectivity index is 0.000000132. The summed E-state index contributed by atoms with van der Waals surface area (Å²) in [5.74, 6) is 6.90. The molecule has 0 spiro atoms. The van der Waals surface area contributed by atoms with Crippen molar-refractivity contribution in [3.05, 3.63) is 260 Å². The van der Waals surface area contributed by atoms with Crippen LogP contribution >= 0.6 is 39.1 Å². The third-order valence-electron chi connectivity index (χ3n) is 17.5. The lowest BCUT2D eigenvalue weighted by molar-refractivity contribution is 0.0499. The summed E-state index contributed by atoms with van der Waals surface area (Å²) in [4.78, 5) is 48.2. The largest absolute Gasteiger partial charge is 0.497 e. The van der Waals surface area contributed by atoms with Crippen molar-refractivity contribution in [1.82, 2.24) is 49.3 Å². The molecule has 3 unspecified atom stereocenters. The second-order valence-corrected chi connectivity index (χ2v) is 25.7. The molecule has 16 rings (SSSR count). The number of fused-ring (bicyclic) bond motifs is 3. The van der Waals surface area contributed by atoms with Gasteiger partial charge in [-0.15, -0.1) is 0 Å². The number of pyridine rings is 3. The Morgan fingerprint density at radius 2 is 0.913 bits per heavy atom. The Bertz CT molecular complexity index is 5310. The average molecular weight is 1490 g/mol. The Kier molecular flexibility index (Phi) is 20.3. The number of amidine groups is 3. The summed E-state index contributed by atoms with van der Waals surface area (Å²) >= 11 is 15.4. The van der Waals surface area contributed by atoms with Gasteiger partial charge < -0.3 is 56.4 Å². The molecule has 3 aliphatic heterocycles. The number of methoxy groups -OCH3 is 5. The van der Waals surface area contributed by atoms with E-state index in [1.165, 1.54) is 0 Å². The highest BCUT2D eigenvalue weighted by atomic mass is 79.9. The predicted molar refractivity (Wildman–Crippen MR) is 393 cm³/mol. The monoisotopic (exact) mass is 1490 g/mol. The van der Waals surface area contributed by atoms with Crippen LogP contribution in [0.4, 0.5) is 0 Å². The molecular formula is C76H68BrCl2N13O11. The van der Waals surface area contributed by atoms with Crippen molar-refractivity contribution in [2.45, 2.75) is 52.0 Å². The number of oxime groups is 2. The molecule has 27 heteroatoms. The molecule has 524 valence electrons. The smallest absolute Gasteiger partial charge is 0.238 e. The molecule has 0 radical (unpaired) electrons. The molecule has 0 amide bonds. The molecule has 0 fully saturated rings. The van der Waals surface area contributed by atoms with E-state index in [-0.39, 0.29) is 18.1 Å². The molecule has 0 aliphatic carbocycles. The summed E-state index contributed by atoms with van der Waals surface area (Å²) in [5.41, 5.74) is 14.1. The van der Waals surface area contributed by atoms with Gasteiger partial charge in [0.1, 0.15) is 135 Å². The van der Waals surface area contributed by atoms with Gasteiger partial charge in [-0.3, -0.25) is 19.0 Å². The number of rotatable bonds is 17. The third kappa shape index (κ3) is 14.8. The van der Waals surface area contributed by atoms with Gasteiger partial charge in [-0.25, -0.2) is 30.4 Å². The maximum Gasteiger partial charge on any atom is 0.238 e. The van der Waals surface area contributed by atoms with Crippen molar-refractivity contribution in [3.8, 4) is 40.5 Å². The number of ether oxygens (including phenoxy) is 5. The highest BCUT2D eigenvalue weighted by Crippen LogP contribution is 2.38. The lowest BCUT2D eigenvalue weighted by atomic mass is 10.1. The first-order chi connectivity index (χ1) is 50.2. The summed E-state index contributed by atoms with van der Waals surface area (Å²) in [6.45, 7) is 8.25. The van der Waals surface area contributed by atoms with Crippen molar-refractivity contribution in [2.24, 2.45) is 15.3 Å². The Morgan fingerprint density at radius 3 is 1.35 bits per heavy atom. The van der Waals surface area contributed by atoms with Crippen LogP contribution in [0.5, 0.6) is 29.1 Å². The molecule has 3 atom stereocenters. The number of imidazole rings is 2. The number of para-hydroxylation sites is 3. The lowest BCUT2D eigenvalue weighted by Gasteiger charge is -2.35. The number of nitrogens with zero attached hydrogens (tertiary/aromatic N) is 12. The van der Waals surface area contributed by atoms with E-state index in [4.69, 9.17) is 84.6 Å². The van der Waals surface area contributed by atoms with Crippen LogP contribution in [0.15, 0.2) is 216 Å². The Hall–Kier alpha value is -11.4. The summed E-state index contributed by atoms with van der Waals surface area (Å²) in [6.07, 6.45) is 6.58. The van der Waals surface area contributed by atoms with Gasteiger partial charge in [0.05, 0.1) is 40.0 Å². The topological polar surface area (TPSA) is 243 Å². The Morgan fingerprint density at radius 1 is 0.485 bits per heavy atom. The lowest BCUT2D eigenvalue weighted by Crippen LogP contribution is -2.40. The van der Waals surface area contributed by atoms with E-state index < -0.39 is 0 Å². The molecule has 0 saturated heterocycles. The number of aryl methyl sites for hydroxylation is 3. The van der Waals surface area contributed by atoms with E-state index >= 15 is 0 Å². The number of aromatic nitrogens is 7. The van der Waals surface area contributed by atoms with Gasteiger partial charge in [-0.05, 0) is 143 Å². The van der Waals surface area contributed by atoms with Gasteiger partial charge >= 0.3 is 0 Å². The van der Waals surface area contributed by atoms with Crippen LogP contribution < -0.4 is 29.2 Å². The number of aliphatic imine (C=N–C) groups is 1. The first-order valence-electron chi connectivity index (χ1n) is 32.6. The van der Waals surface area contributed by atoms with E-state index in [0.717, 1.165) is 94.0 Å². The summed E-state index contributed by atoms with van der Waals surface area (Å²) in [5, 5.41) is 12.8. The summed E-state index contributed by atoms with van der Waals surface area (Å²) in [6, 6.07) is 50.9. The summed E-state index contributed by atoms with van der Waals surface area (Å²) in [7, 11) is 8.03. The molecule has 11 heterocycles. The van der Waals surface area contributed by atoms with Crippen molar-refractivity contribution in [2.75, 3.05) is 55.4 Å². The molecule has 0 bridgehead atoms. The molecule has 24 nitrogen and oxygen atoms in total. The normalized spacial score (nSPS) is 15.7. The number of halogens is 3. The summed E-state index contributed by atoms with van der Waals surface area (Å²) < 4.78 is 50.2. The zero-order valence-corrected chi connectivity index (χ0v) is 60.2. The van der Waals surface area contributed by atoms with Crippen LogP contribution in [0.2, 0.25) is 10.3 Å². The molecule has 3 aliphatic rings. The maximum atomic E-state index is 6.39. The second-order valence-electron chi connectivity index (χ2n) is 24.1. The maximum absolute atomic E-state index is 6.39. The van der Waals surface area contributed by atoms with Gasteiger partial charge in [0.15, 0.2) is 17.5 Å². The van der Waals surface area contributed by atoms with Crippen LogP contribution in [0.3, 0.4) is 0 Å². The second kappa shape index (κ2) is 30.4. The van der Waals surface area contributed by atoms with Crippen molar-refractivity contribution in [3.63, 3.8) is 0 Å². The molecular weight excluding hydrogens is 1420 g/mol. The predicted octanol–water partition coefficient (Wildman–Crippen LogP) is 15.8. The third-order valence-corrected chi connectivity index (χ3v) is 18.5. The quantitative estimate of drug-likeness (QED) is 0.0890. The van der Waals surface area contributed by atoms with Crippen LogP contribution in [0.1, 0.15) is 80.3 Å². The fourth-order valence-corrected chi connectivity index (χ4v) is 12.9. The standard InChI is InChI=1S/C29H26ClN5O4.C26H24BrN3O4.C21H18ClN5O3/c1-18-5-4-6-20-13-25(39-27(18)20)24-16-38-33-28(35(24)14-19-7-9-21(36-2)10-8-19)22-11-12-23(29(32-22)37-3)34-15-26(30)31-17-34;1-16-5-4-6-18-13-23(34-24(16)18)22-15-33-29-25(21-12-11-20(27)26(28-21)32-3)30(22)14-17-7-9-19(31-2)10-8-17;1-12-4-3-5-13-8-17(30-19(12)13)15-10-29-26-20(24-15)14-6-7-16(21(25-14)28-2)27-9-18(22)23-11-27/h4-13,15,17,24H,14,16H2,1-3H3;4-13,22H,14-15H2,1-3H3;3-9,11,15H,10H2,1-2H3,(H,24,26). The number of hydroxylamine groups is 1. The van der Waals surface area contributed by atoms with Gasteiger partial charge in [0.2, 0.25) is 17.6 Å². The van der Waals surface area contributed by atoms with E-state index in [1.807, 2.05) is 154 Å². The average Bonchev–Trinajstić information content (AvgIpc) is 1.75. The zero-order valence-electron chi connectivity index (χ0n) is 57.1.